The lowest BCUT2D eigenvalue weighted by Gasteiger charge is -2.16. The SMILES string of the molecule is O=C(Cl)CCCC[C@@H]1SC[C@@H]2NC(=O)N[C@@H]21. The Hall–Kier alpha value is -0.420. The molecule has 2 saturated heterocycles. The zero-order chi connectivity index (χ0) is 11.5. The van der Waals surface area contributed by atoms with Crippen molar-refractivity contribution < 1.29 is 9.59 Å². The van der Waals surface area contributed by atoms with Crippen LogP contribution in [0.5, 0.6) is 0 Å². The molecular weight excluding hydrogens is 248 g/mol. The van der Waals surface area contributed by atoms with Gasteiger partial charge in [0.25, 0.3) is 0 Å². The van der Waals surface area contributed by atoms with E-state index in [0.717, 1.165) is 25.0 Å². The second kappa shape index (κ2) is 5.27. The second-order valence-electron chi connectivity index (χ2n) is 4.22. The molecule has 0 aromatic heterocycles. The van der Waals surface area contributed by atoms with E-state index in [-0.39, 0.29) is 23.4 Å². The quantitative estimate of drug-likeness (QED) is 0.448. The number of hydrogen-bond donors (Lipinski definition) is 2. The minimum absolute atomic E-state index is 0.0452. The summed E-state index contributed by atoms with van der Waals surface area (Å²) in [6.07, 6.45) is 3.34. The van der Waals surface area contributed by atoms with Crippen molar-refractivity contribution in [3.8, 4) is 0 Å². The van der Waals surface area contributed by atoms with Crippen LogP contribution in [-0.2, 0) is 4.79 Å². The molecule has 2 rings (SSSR count). The zero-order valence-corrected chi connectivity index (χ0v) is 10.4. The summed E-state index contributed by atoms with van der Waals surface area (Å²) in [6, 6.07) is 0.512. The first-order valence-electron chi connectivity index (χ1n) is 5.54. The Bertz CT molecular complexity index is 301. The summed E-state index contributed by atoms with van der Waals surface area (Å²) in [4.78, 5) is 21.7. The third-order valence-electron chi connectivity index (χ3n) is 3.05. The largest absolute Gasteiger partial charge is 0.332 e. The summed E-state index contributed by atoms with van der Waals surface area (Å²) in [5, 5.41) is 6.08. The molecule has 0 radical (unpaired) electrons. The van der Waals surface area contributed by atoms with E-state index in [4.69, 9.17) is 11.6 Å². The summed E-state index contributed by atoms with van der Waals surface area (Å²) in [5.74, 6) is 0.989. The lowest BCUT2D eigenvalue weighted by atomic mass is 10.0. The lowest BCUT2D eigenvalue weighted by Crippen LogP contribution is -2.36. The molecule has 0 bridgehead atoms. The highest BCUT2D eigenvalue weighted by Gasteiger charge is 2.42. The topological polar surface area (TPSA) is 58.2 Å². The number of fused-ring (bicyclic) bond motifs is 1. The molecule has 0 unspecified atom stereocenters. The molecule has 90 valence electrons. The van der Waals surface area contributed by atoms with Crippen molar-refractivity contribution in [2.75, 3.05) is 5.75 Å². The molecule has 2 aliphatic rings. The van der Waals surface area contributed by atoms with Crippen LogP contribution in [0, 0.1) is 0 Å². The predicted molar refractivity (Wildman–Crippen MR) is 64.8 cm³/mol. The summed E-state index contributed by atoms with van der Waals surface area (Å²) in [7, 11) is 0. The van der Waals surface area contributed by atoms with Crippen molar-refractivity contribution in [2.24, 2.45) is 0 Å². The number of nitrogens with one attached hydrogen (secondary N) is 2. The fourth-order valence-corrected chi connectivity index (χ4v) is 3.93. The summed E-state index contributed by atoms with van der Waals surface area (Å²) >= 11 is 7.17. The van der Waals surface area contributed by atoms with Gasteiger partial charge < -0.3 is 10.6 Å². The van der Waals surface area contributed by atoms with Crippen molar-refractivity contribution in [1.82, 2.24) is 10.6 Å². The Labute approximate surface area is 104 Å². The Morgan fingerprint density at radius 1 is 1.44 bits per heavy atom. The van der Waals surface area contributed by atoms with Crippen molar-refractivity contribution >= 4 is 34.6 Å². The van der Waals surface area contributed by atoms with Gasteiger partial charge in [-0.3, -0.25) is 4.79 Å². The van der Waals surface area contributed by atoms with Crippen LogP contribution in [0.15, 0.2) is 0 Å². The van der Waals surface area contributed by atoms with E-state index in [1.165, 1.54) is 0 Å². The van der Waals surface area contributed by atoms with Crippen molar-refractivity contribution in [2.45, 2.75) is 43.0 Å². The van der Waals surface area contributed by atoms with Gasteiger partial charge in [0.15, 0.2) is 0 Å². The number of halogens is 1. The van der Waals surface area contributed by atoms with Gasteiger partial charge in [-0.2, -0.15) is 11.8 Å². The number of rotatable bonds is 5. The number of unbranched alkanes of at least 4 members (excludes halogenated alkanes) is 1. The van der Waals surface area contributed by atoms with E-state index in [2.05, 4.69) is 10.6 Å². The van der Waals surface area contributed by atoms with Gasteiger partial charge in [0.1, 0.15) is 0 Å². The van der Waals surface area contributed by atoms with Crippen LogP contribution in [0.4, 0.5) is 4.79 Å². The number of carbonyl (C=O) groups excluding carboxylic acids is 2. The summed E-state index contributed by atoms with van der Waals surface area (Å²) < 4.78 is 0. The normalized spacial score (nSPS) is 32.1. The van der Waals surface area contributed by atoms with Crippen LogP contribution >= 0.6 is 23.4 Å². The molecule has 2 amide bonds. The molecule has 0 spiro atoms. The van der Waals surface area contributed by atoms with Crippen LogP contribution in [0.3, 0.4) is 0 Å². The molecule has 16 heavy (non-hydrogen) atoms. The molecular formula is C10H15ClN2O2S. The maximum atomic E-state index is 11.1. The molecule has 6 heteroatoms. The molecule has 3 atom stereocenters. The van der Waals surface area contributed by atoms with Gasteiger partial charge in [0.2, 0.25) is 5.24 Å². The van der Waals surface area contributed by atoms with Crippen LogP contribution in [-0.4, -0.2) is 34.4 Å². The van der Waals surface area contributed by atoms with Gasteiger partial charge in [-0.25, -0.2) is 4.79 Å². The molecule has 0 aromatic rings. The fourth-order valence-electron chi connectivity index (χ4n) is 2.25. The number of urea groups is 1. The maximum absolute atomic E-state index is 11.1. The third kappa shape index (κ3) is 2.83. The minimum Gasteiger partial charge on any atom is -0.332 e. The molecule has 2 fully saturated rings. The van der Waals surface area contributed by atoms with Gasteiger partial charge in [-0.05, 0) is 24.4 Å². The highest BCUT2D eigenvalue weighted by atomic mass is 35.5. The van der Waals surface area contributed by atoms with Gasteiger partial charge in [0, 0.05) is 17.4 Å². The van der Waals surface area contributed by atoms with Crippen LogP contribution < -0.4 is 10.6 Å². The monoisotopic (exact) mass is 262 g/mol. The Morgan fingerprint density at radius 3 is 3.00 bits per heavy atom. The standard InChI is InChI=1S/C10H15ClN2O2S/c11-8(14)4-2-1-3-7-9-6(5-16-7)12-10(15)13-9/h6-7,9H,1-5H2,(H2,12,13,15)/t6-,7-,9-/m0/s1. The second-order valence-corrected chi connectivity index (χ2v) is 5.92. The van der Waals surface area contributed by atoms with E-state index < -0.39 is 0 Å². The molecule has 2 heterocycles. The number of thioether (sulfide) groups is 1. The first-order valence-corrected chi connectivity index (χ1v) is 6.96. The van der Waals surface area contributed by atoms with Gasteiger partial charge in [-0.15, -0.1) is 0 Å². The van der Waals surface area contributed by atoms with Crippen molar-refractivity contribution in [1.29, 1.82) is 0 Å². The fraction of sp³-hybridized carbons (Fsp3) is 0.800. The minimum atomic E-state index is -0.257. The molecule has 0 aromatic carbocycles. The maximum Gasteiger partial charge on any atom is 0.315 e. The van der Waals surface area contributed by atoms with E-state index in [1.807, 2.05) is 11.8 Å². The highest BCUT2D eigenvalue weighted by Crippen LogP contribution is 2.33. The molecule has 4 nitrogen and oxygen atoms in total. The van der Waals surface area contributed by atoms with Crippen molar-refractivity contribution in [3.63, 3.8) is 0 Å². The predicted octanol–water partition coefficient (Wildman–Crippen LogP) is 1.48. The first kappa shape index (κ1) is 12.0. The average molecular weight is 263 g/mol. The van der Waals surface area contributed by atoms with Crippen LogP contribution in [0.2, 0.25) is 0 Å². The van der Waals surface area contributed by atoms with Crippen molar-refractivity contribution in [3.05, 3.63) is 0 Å². The van der Waals surface area contributed by atoms with E-state index >= 15 is 0 Å². The smallest absolute Gasteiger partial charge is 0.315 e. The summed E-state index contributed by atoms with van der Waals surface area (Å²) in [6.45, 7) is 0. The summed E-state index contributed by atoms with van der Waals surface area (Å²) in [5.41, 5.74) is 0. The highest BCUT2D eigenvalue weighted by molar-refractivity contribution is 8.00. The van der Waals surface area contributed by atoms with Gasteiger partial charge in [0.05, 0.1) is 12.1 Å². The van der Waals surface area contributed by atoms with E-state index in [0.29, 0.717) is 11.7 Å². The number of hydrogen-bond acceptors (Lipinski definition) is 3. The third-order valence-corrected chi connectivity index (χ3v) is 4.75. The van der Waals surface area contributed by atoms with Crippen LogP contribution in [0.25, 0.3) is 0 Å². The van der Waals surface area contributed by atoms with Gasteiger partial charge in [-0.1, -0.05) is 6.42 Å². The number of amides is 2. The molecule has 2 N–H and O–H groups in total. The Balaban J connectivity index is 1.70. The van der Waals surface area contributed by atoms with Gasteiger partial charge >= 0.3 is 6.03 Å². The Kier molecular flexibility index (Phi) is 3.97. The van der Waals surface area contributed by atoms with Crippen LogP contribution in [0.1, 0.15) is 25.7 Å². The molecule has 0 aliphatic carbocycles. The molecule has 2 aliphatic heterocycles. The zero-order valence-electron chi connectivity index (χ0n) is 8.87. The average Bonchev–Trinajstić information content (AvgIpc) is 2.72. The van der Waals surface area contributed by atoms with E-state index in [9.17, 15) is 9.59 Å². The molecule has 0 saturated carbocycles. The Morgan fingerprint density at radius 2 is 2.25 bits per heavy atom. The number of carbonyl (C=O) groups is 2. The first-order chi connectivity index (χ1) is 7.66. The lowest BCUT2D eigenvalue weighted by molar-refractivity contribution is -0.111. The van der Waals surface area contributed by atoms with E-state index in [1.54, 1.807) is 0 Å².